The van der Waals surface area contributed by atoms with Crippen LogP contribution in [0.5, 0.6) is 5.75 Å². The molecule has 0 aliphatic carbocycles. The maximum atomic E-state index is 13.0. The molecule has 0 radical (unpaired) electrons. The molecule has 0 bridgehead atoms. The number of para-hydroxylation sites is 1. The number of phenols is 1. The number of ketones is 1. The molecule has 5 rings (SSSR count). The minimum atomic E-state index is 0.224. The van der Waals surface area contributed by atoms with E-state index in [4.69, 9.17) is 0 Å². The summed E-state index contributed by atoms with van der Waals surface area (Å²) in [6.45, 7) is 3.88. The normalized spacial score (nSPS) is 18.8. The lowest BCUT2D eigenvalue weighted by molar-refractivity contribution is -0.118. The number of likely N-dealkylation sites (tertiary alicyclic amines) is 1. The van der Waals surface area contributed by atoms with Crippen LogP contribution in [0.4, 0.5) is 5.69 Å². The zero-order chi connectivity index (χ0) is 22.1. The van der Waals surface area contributed by atoms with Crippen LogP contribution in [0.2, 0.25) is 0 Å². The zero-order valence-corrected chi connectivity index (χ0v) is 18.7. The Bertz CT molecular complexity index is 1020. The predicted octanol–water partition coefficient (Wildman–Crippen LogP) is 4.15. The summed E-state index contributed by atoms with van der Waals surface area (Å²) in [5.41, 5.74) is 5.31. The van der Waals surface area contributed by atoms with Gasteiger partial charge >= 0.3 is 0 Å². The molecule has 168 valence electrons. The second-order valence-electron chi connectivity index (χ2n) is 9.56. The quantitative estimate of drug-likeness (QED) is 0.668. The second-order valence-corrected chi connectivity index (χ2v) is 9.56. The third kappa shape index (κ3) is 4.31. The summed E-state index contributed by atoms with van der Waals surface area (Å²) in [5, 5.41) is 9.94. The number of carbonyl (C=O) groups is 2. The predicted molar refractivity (Wildman–Crippen MR) is 125 cm³/mol. The summed E-state index contributed by atoms with van der Waals surface area (Å²) in [6.07, 6.45) is 6.92. The van der Waals surface area contributed by atoms with Crippen LogP contribution < -0.4 is 4.90 Å². The van der Waals surface area contributed by atoms with Crippen molar-refractivity contribution in [3.8, 4) is 5.75 Å². The number of piperidine rings is 1. The van der Waals surface area contributed by atoms with Crippen LogP contribution >= 0.6 is 0 Å². The molecular weight excluding hydrogens is 400 g/mol. The van der Waals surface area contributed by atoms with E-state index in [1.807, 2.05) is 35.2 Å². The molecule has 1 fully saturated rings. The fourth-order valence-electron chi connectivity index (χ4n) is 5.60. The first kappa shape index (κ1) is 21.2. The molecule has 0 atom stereocenters. The second kappa shape index (κ2) is 9.07. The highest BCUT2D eigenvalue weighted by Crippen LogP contribution is 2.38. The molecule has 0 spiro atoms. The van der Waals surface area contributed by atoms with Gasteiger partial charge in [-0.1, -0.05) is 18.2 Å². The SMILES string of the molecule is O=C(CCC1CCN(CCc2ccccc2O)CC1)c1cc2c3c(c1)CCN3C(=O)CC2. The molecule has 1 saturated heterocycles. The number of Topliss-reactive ketones (excluding diaryl/α,β-unsaturated/α-hetero) is 1. The van der Waals surface area contributed by atoms with Gasteiger partial charge in [0.25, 0.3) is 0 Å². The van der Waals surface area contributed by atoms with Crippen LogP contribution in [0.25, 0.3) is 0 Å². The smallest absolute Gasteiger partial charge is 0.227 e. The van der Waals surface area contributed by atoms with Crippen molar-refractivity contribution in [3.63, 3.8) is 0 Å². The van der Waals surface area contributed by atoms with Gasteiger partial charge in [0.05, 0.1) is 5.69 Å². The molecule has 2 aromatic carbocycles. The molecule has 0 aromatic heterocycles. The molecule has 3 aliphatic heterocycles. The maximum Gasteiger partial charge on any atom is 0.227 e. The van der Waals surface area contributed by atoms with E-state index in [0.717, 1.165) is 81.5 Å². The molecule has 3 aliphatic rings. The fraction of sp³-hybridized carbons (Fsp3) is 0.481. The molecule has 2 aromatic rings. The van der Waals surface area contributed by atoms with Gasteiger partial charge in [0.2, 0.25) is 5.91 Å². The third-order valence-electron chi connectivity index (χ3n) is 7.55. The Balaban J connectivity index is 1.11. The van der Waals surface area contributed by atoms with E-state index >= 15 is 0 Å². The summed E-state index contributed by atoms with van der Waals surface area (Å²) >= 11 is 0. The lowest BCUT2D eigenvalue weighted by atomic mass is 9.89. The van der Waals surface area contributed by atoms with Gasteiger partial charge in [-0.2, -0.15) is 0 Å². The topological polar surface area (TPSA) is 60.9 Å². The van der Waals surface area contributed by atoms with Crippen LogP contribution in [0.1, 0.15) is 59.2 Å². The maximum absolute atomic E-state index is 13.0. The van der Waals surface area contributed by atoms with E-state index < -0.39 is 0 Å². The van der Waals surface area contributed by atoms with Crippen LogP contribution in [0, 0.1) is 5.92 Å². The van der Waals surface area contributed by atoms with Crippen molar-refractivity contribution < 1.29 is 14.7 Å². The van der Waals surface area contributed by atoms with Crippen molar-refractivity contribution in [1.29, 1.82) is 0 Å². The lowest BCUT2D eigenvalue weighted by Gasteiger charge is -2.32. The highest BCUT2D eigenvalue weighted by molar-refractivity contribution is 6.02. The van der Waals surface area contributed by atoms with Crippen LogP contribution in [-0.4, -0.2) is 47.9 Å². The zero-order valence-electron chi connectivity index (χ0n) is 18.7. The standard InChI is InChI=1S/C27H32N2O3/c30-24-4-2-1-3-20(24)11-15-28-13-9-19(10-14-28)5-7-25(31)23-17-21-6-8-26(32)29-16-12-22(18-23)27(21)29/h1-4,17-19,30H,5-16H2. The number of phenolic OH excluding ortho intramolecular Hbond substituents is 1. The van der Waals surface area contributed by atoms with Crippen molar-refractivity contribution >= 4 is 17.4 Å². The number of aromatic hydroxyl groups is 1. The van der Waals surface area contributed by atoms with Gasteiger partial charge in [-0.05, 0) is 92.4 Å². The highest BCUT2D eigenvalue weighted by Gasteiger charge is 2.32. The first-order valence-electron chi connectivity index (χ1n) is 12.1. The number of rotatable bonds is 7. The van der Waals surface area contributed by atoms with Gasteiger partial charge in [0.1, 0.15) is 5.75 Å². The first-order valence-corrected chi connectivity index (χ1v) is 12.1. The minimum absolute atomic E-state index is 0.224. The molecule has 1 amide bonds. The van der Waals surface area contributed by atoms with Gasteiger partial charge < -0.3 is 14.9 Å². The molecule has 3 heterocycles. The lowest BCUT2D eigenvalue weighted by Crippen LogP contribution is -2.35. The van der Waals surface area contributed by atoms with E-state index in [-0.39, 0.29) is 11.7 Å². The number of amides is 1. The number of benzene rings is 2. The average Bonchev–Trinajstić information content (AvgIpc) is 3.25. The average molecular weight is 433 g/mol. The van der Waals surface area contributed by atoms with E-state index in [2.05, 4.69) is 4.90 Å². The fourth-order valence-corrected chi connectivity index (χ4v) is 5.60. The van der Waals surface area contributed by atoms with E-state index in [9.17, 15) is 14.7 Å². The number of hydrogen-bond acceptors (Lipinski definition) is 4. The summed E-state index contributed by atoms with van der Waals surface area (Å²) in [7, 11) is 0. The molecular formula is C27H32N2O3. The number of anilines is 1. The first-order chi connectivity index (χ1) is 15.6. The third-order valence-corrected chi connectivity index (χ3v) is 7.55. The van der Waals surface area contributed by atoms with Gasteiger partial charge in [0, 0.05) is 31.5 Å². The number of aryl methyl sites for hydroxylation is 1. The Morgan fingerprint density at radius 3 is 2.53 bits per heavy atom. The Morgan fingerprint density at radius 1 is 1.00 bits per heavy atom. The van der Waals surface area contributed by atoms with Crippen molar-refractivity contribution in [2.24, 2.45) is 5.92 Å². The summed E-state index contributed by atoms with van der Waals surface area (Å²) in [6, 6.07) is 11.7. The number of hydrogen-bond donors (Lipinski definition) is 1. The monoisotopic (exact) mass is 432 g/mol. The van der Waals surface area contributed by atoms with Crippen molar-refractivity contribution in [3.05, 3.63) is 58.7 Å². The molecule has 32 heavy (non-hydrogen) atoms. The number of nitrogens with zero attached hydrogens (tertiary/aromatic N) is 2. The highest BCUT2D eigenvalue weighted by atomic mass is 16.3. The Kier molecular flexibility index (Phi) is 6.01. The van der Waals surface area contributed by atoms with Crippen LogP contribution in [-0.2, 0) is 24.1 Å². The Morgan fingerprint density at radius 2 is 1.75 bits per heavy atom. The molecule has 5 nitrogen and oxygen atoms in total. The van der Waals surface area contributed by atoms with Gasteiger partial charge in [-0.15, -0.1) is 0 Å². The van der Waals surface area contributed by atoms with Crippen molar-refractivity contribution in [1.82, 2.24) is 4.90 Å². The van der Waals surface area contributed by atoms with Gasteiger partial charge in [0.15, 0.2) is 5.78 Å². The summed E-state index contributed by atoms with van der Waals surface area (Å²) in [4.78, 5) is 29.5. The minimum Gasteiger partial charge on any atom is -0.508 e. The molecule has 1 N–H and O–H groups in total. The van der Waals surface area contributed by atoms with E-state index in [0.29, 0.717) is 24.5 Å². The Labute approximate surface area is 190 Å². The van der Waals surface area contributed by atoms with Crippen molar-refractivity contribution in [2.75, 3.05) is 31.1 Å². The van der Waals surface area contributed by atoms with Crippen molar-refractivity contribution in [2.45, 2.75) is 51.4 Å². The molecule has 5 heteroatoms. The molecule has 0 unspecified atom stereocenters. The number of carbonyl (C=O) groups excluding carboxylic acids is 2. The largest absolute Gasteiger partial charge is 0.508 e. The summed E-state index contributed by atoms with van der Waals surface area (Å²) in [5.74, 6) is 1.48. The van der Waals surface area contributed by atoms with Gasteiger partial charge in [-0.25, -0.2) is 0 Å². The van der Waals surface area contributed by atoms with Crippen LogP contribution in [0.15, 0.2) is 36.4 Å². The van der Waals surface area contributed by atoms with Gasteiger partial charge in [-0.3, -0.25) is 9.59 Å². The summed E-state index contributed by atoms with van der Waals surface area (Å²) < 4.78 is 0. The van der Waals surface area contributed by atoms with E-state index in [1.165, 1.54) is 11.1 Å². The molecule has 0 saturated carbocycles. The Hall–Kier alpha value is -2.66. The van der Waals surface area contributed by atoms with Crippen LogP contribution in [0.3, 0.4) is 0 Å². The van der Waals surface area contributed by atoms with E-state index in [1.54, 1.807) is 6.07 Å².